The highest BCUT2D eigenvalue weighted by Crippen LogP contribution is 1.92. The second kappa shape index (κ2) is 2.87. The van der Waals surface area contributed by atoms with Gasteiger partial charge in [-0.3, -0.25) is 9.59 Å². The van der Waals surface area contributed by atoms with Gasteiger partial charge in [0.15, 0.2) is 0 Å². The summed E-state index contributed by atoms with van der Waals surface area (Å²) in [5, 5.41) is 0. The Kier molecular flexibility index (Phi) is 1.89. The average molecular weight is 133 g/mol. The van der Waals surface area contributed by atoms with Gasteiger partial charge in [-0.2, -0.15) is 0 Å². The minimum absolute atomic E-state index is 0.126. The van der Waals surface area contributed by atoms with Crippen LogP contribution in [0.2, 0.25) is 0 Å². The molecule has 3 nitrogen and oxygen atoms in total. The summed E-state index contributed by atoms with van der Waals surface area (Å²) in [7, 11) is 0. The molecular weight excluding hydrogens is 130 g/mol. The lowest BCUT2D eigenvalue weighted by Crippen LogP contribution is -1.91. The standard InChI is InChI=1S/C7H3NO2/c9-4-6-2-1-3-7(5-10)8-6/h1-3H. The zero-order valence-corrected chi connectivity index (χ0v) is 5.00. The topological polar surface area (TPSA) is 47.0 Å². The largest absolute Gasteiger partial charge is 0.283 e. The highest BCUT2D eigenvalue weighted by atomic mass is 16.1. The number of carbonyl (C=O) groups excluding carboxylic acids is 2. The molecule has 1 aromatic rings. The number of hydrogen-bond donors (Lipinski definition) is 0. The van der Waals surface area contributed by atoms with Crippen LogP contribution in [-0.4, -0.2) is 17.6 Å². The maximum absolute atomic E-state index is 9.96. The lowest BCUT2D eigenvalue weighted by molar-refractivity contribution is 0.559. The molecule has 0 aliphatic heterocycles. The molecule has 0 aromatic carbocycles. The van der Waals surface area contributed by atoms with Crippen molar-refractivity contribution in [3.8, 4) is 0 Å². The van der Waals surface area contributed by atoms with Gasteiger partial charge in [-0.05, 0) is 12.1 Å². The van der Waals surface area contributed by atoms with Gasteiger partial charge in [0.05, 0.1) is 0 Å². The maximum Gasteiger partial charge on any atom is 0.253 e. The smallest absolute Gasteiger partial charge is 0.253 e. The molecule has 0 amide bonds. The summed E-state index contributed by atoms with van der Waals surface area (Å²) in [5.41, 5.74) is 0.252. The lowest BCUT2D eigenvalue weighted by atomic mass is 10.3. The summed E-state index contributed by atoms with van der Waals surface area (Å²) in [6, 6.07) is 4.48. The first-order chi connectivity index (χ1) is 4.86. The van der Waals surface area contributed by atoms with Gasteiger partial charge >= 0.3 is 0 Å². The van der Waals surface area contributed by atoms with Gasteiger partial charge in [0.2, 0.25) is 0 Å². The third-order valence-electron chi connectivity index (χ3n) is 0.958. The summed E-state index contributed by atoms with van der Waals surface area (Å²) in [5.74, 6) is 0. The van der Waals surface area contributed by atoms with Crippen LogP contribution in [0.3, 0.4) is 0 Å². The van der Waals surface area contributed by atoms with Crippen LogP contribution in [0.1, 0.15) is 11.4 Å². The Hall–Kier alpha value is -1.51. The minimum Gasteiger partial charge on any atom is -0.283 e. The van der Waals surface area contributed by atoms with Crippen molar-refractivity contribution in [3.05, 3.63) is 29.6 Å². The van der Waals surface area contributed by atoms with Crippen molar-refractivity contribution in [1.29, 1.82) is 0 Å². The number of aromatic nitrogens is 1. The Labute approximate surface area is 57.7 Å². The van der Waals surface area contributed by atoms with Crippen molar-refractivity contribution >= 4 is 12.6 Å². The summed E-state index contributed by atoms with van der Waals surface area (Å²) in [6.07, 6.45) is 3.12. The summed E-state index contributed by atoms with van der Waals surface area (Å²) in [6.45, 7) is 0. The summed E-state index contributed by atoms with van der Waals surface area (Å²) in [4.78, 5) is 23.5. The molecule has 0 aliphatic carbocycles. The van der Waals surface area contributed by atoms with Crippen molar-refractivity contribution in [3.63, 3.8) is 0 Å². The molecule has 0 atom stereocenters. The minimum atomic E-state index is 0.126. The van der Waals surface area contributed by atoms with Gasteiger partial charge in [0.25, 0.3) is 12.6 Å². The van der Waals surface area contributed by atoms with E-state index in [1.807, 2.05) is 0 Å². The molecule has 0 unspecified atom stereocenters. The fourth-order valence-electron chi connectivity index (χ4n) is 0.548. The molecule has 48 valence electrons. The van der Waals surface area contributed by atoms with Crippen LogP contribution >= 0.6 is 0 Å². The molecule has 0 saturated carbocycles. The van der Waals surface area contributed by atoms with Gasteiger partial charge in [0, 0.05) is 0 Å². The fraction of sp³-hybridized carbons (Fsp3) is 0. The molecule has 0 aliphatic rings. The van der Waals surface area contributed by atoms with E-state index in [1.165, 1.54) is 12.1 Å². The molecule has 0 spiro atoms. The highest BCUT2D eigenvalue weighted by molar-refractivity contribution is 5.77. The number of hydrogen-bond acceptors (Lipinski definition) is 3. The summed E-state index contributed by atoms with van der Waals surface area (Å²) >= 11 is 0. The molecule has 2 radical (unpaired) electrons. The van der Waals surface area contributed by atoms with Crippen LogP contribution in [0, 0.1) is 0 Å². The maximum atomic E-state index is 9.96. The van der Waals surface area contributed by atoms with E-state index in [9.17, 15) is 9.59 Å². The number of rotatable bonds is 2. The first-order valence-electron chi connectivity index (χ1n) is 2.60. The first kappa shape index (κ1) is 6.61. The van der Waals surface area contributed by atoms with E-state index in [0.717, 1.165) is 0 Å². The number of nitrogens with zero attached hydrogens (tertiary/aromatic N) is 1. The van der Waals surface area contributed by atoms with E-state index in [1.54, 1.807) is 18.6 Å². The quantitative estimate of drug-likeness (QED) is 0.570. The molecule has 10 heavy (non-hydrogen) atoms. The molecule has 3 heteroatoms. The van der Waals surface area contributed by atoms with E-state index in [0.29, 0.717) is 0 Å². The third kappa shape index (κ3) is 1.25. The Morgan fingerprint density at radius 1 is 1.10 bits per heavy atom. The van der Waals surface area contributed by atoms with Gasteiger partial charge in [-0.1, -0.05) is 6.07 Å². The monoisotopic (exact) mass is 133 g/mol. The Morgan fingerprint density at radius 3 is 2.00 bits per heavy atom. The van der Waals surface area contributed by atoms with E-state index >= 15 is 0 Å². The highest BCUT2D eigenvalue weighted by Gasteiger charge is 1.94. The van der Waals surface area contributed by atoms with Crippen molar-refractivity contribution in [1.82, 2.24) is 4.98 Å². The SMILES string of the molecule is O=[C]c1cccc([C]=O)n1. The van der Waals surface area contributed by atoms with Crippen LogP contribution < -0.4 is 0 Å². The second-order valence-corrected chi connectivity index (χ2v) is 1.61. The summed E-state index contributed by atoms with van der Waals surface area (Å²) < 4.78 is 0. The van der Waals surface area contributed by atoms with Crippen molar-refractivity contribution in [2.24, 2.45) is 0 Å². The zero-order valence-electron chi connectivity index (χ0n) is 5.00. The normalized spacial score (nSPS) is 8.80. The second-order valence-electron chi connectivity index (χ2n) is 1.61. The predicted molar refractivity (Wildman–Crippen MR) is 33.8 cm³/mol. The van der Waals surface area contributed by atoms with Gasteiger partial charge in [0.1, 0.15) is 11.4 Å². The van der Waals surface area contributed by atoms with E-state index in [2.05, 4.69) is 4.98 Å². The van der Waals surface area contributed by atoms with Crippen molar-refractivity contribution in [2.75, 3.05) is 0 Å². The molecule has 0 bridgehead atoms. The Bertz CT molecular complexity index is 234. The van der Waals surface area contributed by atoms with Crippen molar-refractivity contribution in [2.45, 2.75) is 0 Å². The number of pyridine rings is 1. The van der Waals surface area contributed by atoms with Crippen molar-refractivity contribution < 1.29 is 9.59 Å². The van der Waals surface area contributed by atoms with Crippen LogP contribution in [-0.2, 0) is 9.59 Å². The fourth-order valence-corrected chi connectivity index (χ4v) is 0.548. The predicted octanol–water partition coefficient (Wildman–Crippen LogP) is -0.00280. The van der Waals surface area contributed by atoms with E-state index in [4.69, 9.17) is 0 Å². The molecule has 0 N–H and O–H groups in total. The lowest BCUT2D eigenvalue weighted by Gasteiger charge is -1.87. The van der Waals surface area contributed by atoms with E-state index in [-0.39, 0.29) is 11.4 Å². The zero-order chi connectivity index (χ0) is 7.40. The van der Waals surface area contributed by atoms with Crippen LogP contribution in [0.15, 0.2) is 18.2 Å². The Balaban J connectivity index is 3.09. The molecular formula is C7H3NO2. The Morgan fingerprint density at radius 2 is 1.60 bits per heavy atom. The molecule has 1 rings (SSSR count). The van der Waals surface area contributed by atoms with Gasteiger partial charge in [-0.25, -0.2) is 4.98 Å². The van der Waals surface area contributed by atoms with Crippen LogP contribution in [0.5, 0.6) is 0 Å². The van der Waals surface area contributed by atoms with E-state index < -0.39 is 0 Å². The van der Waals surface area contributed by atoms with Gasteiger partial charge < -0.3 is 0 Å². The molecule has 0 saturated heterocycles. The molecule has 1 heterocycles. The van der Waals surface area contributed by atoms with Crippen LogP contribution in [0.4, 0.5) is 0 Å². The first-order valence-corrected chi connectivity index (χ1v) is 2.60. The average Bonchev–Trinajstić information content (AvgIpc) is 2.05. The van der Waals surface area contributed by atoms with Crippen LogP contribution in [0.25, 0.3) is 0 Å². The molecule has 1 aromatic heterocycles. The third-order valence-corrected chi connectivity index (χ3v) is 0.958. The molecule has 0 fully saturated rings. The van der Waals surface area contributed by atoms with Gasteiger partial charge in [-0.15, -0.1) is 0 Å².